The molecule has 5 heteroatoms. The van der Waals surface area contributed by atoms with Gasteiger partial charge in [-0.15, -0.1) is 0 Å². The zero-order chi connectivity index (χ0) is 16.4. The number of nitrogens with zero attached hydrogens (tertiary/aromatic N) is 3. The van der Waals surface area contributed by atoms with Crippen molar-refractivity contribution in [2.24, 2.45) is 0 Å². The minimum absolute atomic E-state index is 0.0108. The molecule has 0 saturated carbocycles. The molecule has 0 N–H and O–H groups in total. The first-order valence-electron chi connectivity index (χ1n) is 8.31. The van der Waals surface area contributed by atoms with Gasteiger partial charge in [0.15, 0.2) is 5.82 Å². The molecular formula is C18H23N3O2. The van der Waals surface area contributed by atoms with E-state index in [2.05, 4.69) is 43.0 Å². The summed E-state index contributed by atoms with van der Waals surface area (Å²) in [5.41, 5.74) is 2.19. The second-order valence-electron chi connectivity index (χ2n) is 6.45. The summed E-state index contributed by atoms with van der Waals surface area (Å²) >= 11 is 0. The van der Waals surface area contributed by atoms with Crippen molar-refractivity contribution >= 4 is 11.6 Å². The van der Waals surface area contributed by atoms with Crippen LogP contribution in [0.25, 0.3) is 0 Å². The highest BCUT2D eigenvalue weighted by molar-refractivity contribution is 5.96. The van der Waals surface area contributed by atoms with Crippen molar-refractivity contribution < 1.29 is 9.32 Å². The number of aryl methyl sites for hydroxylation is 1. The number of carbonyl (C=O) groups is 1. The van der Waals surface area contributed by atoms with Crippen molar-refractivity contribution in [2.75, 3.05) is 11.4 Å². The second-order valence-corrected chi connectivity index (χ2v) is 6.45. The molecule has 122 valence electrons. The lowest BCUT2D eigenvalue weighted by molar-refractivity contribution is -0.117. The summed E-state index contributed by atoms with van der Waals surface area (Å²) in [6.45, 7) is 7.00. The van der Waals surface area contributed by atoms with Crippen LogP contribution in [0, 0.1) is 0 Å². The summed E-state index contributed by atoms with van der Waals surface area (Å²) in [5.74, 6) is 1.87. The Bertz CT molecular complexity index is 693. The SMILES string of the molecule is CCCc1noc(C2CC(=O)N(c3cccc(C(C)C)c3)C2)n1. The predicted octanol–water partition coefficient (Wildman–Crippen LogP) is 3.67. The smallest absolute Gasteiger partial charge is 0.232 e. The van der Waals surface area contributed by atoms with E-state index in [1.807, 2.05) is 17.0 Å². The van der Waals surface area contributed by atoms with Gasteiger partial charge >= 0.3 is 0 Å². The van der Waals surface area contributed by atoms with Crippen molar-refractivity contribution in [3.05, 3.63) is 41.5 Å². The van der Waals surface area contributed by atoms with Gasteiger partial charge in [0.1, 0.15) is 0 Å². The van der Waals surface area contributed by atoms with E-state index in [1.54, 1.807) is 0 Å². The average molecular weight is 313 g/mol. The molecule has 1 aromatic carbocycles. The van der Waals surface area contributed by atoms with Crippen molar-refractivity contribution in [3.8, 4) is 0 Å². The first kappa shape index (κ1) is 15.7. The number of hydrogen-bond donors (Lipinski definition) is 0. The van der Waals surface area contributed by atoms with Gasteiger partial charge in [-0.25, -0.2) is 0 Å². The van der Waals surface area contributed by atoms with Crippen LogP contribution in [-0.4, -0.2) is 22.6 Å². The van der Waals surface area contributed by atoms with Crippen LogP contribution in [0.2, 0.25) is 0 Å². The van der Waals surface area contributed by atoms with Crippen molar-refractivity contribution in [1.82, 2.24) is 10.1 Å². The Morgan fingerprint density at radius 2 is 2.22 bits per heavy atom. The van der Waals surface area contributed by atoms with Gasteiger partial charge < -0.3 is 9.42 Å². The molecule has 1 aliphatic rings. The zero-order valence-corrected chi connectivity index (χ0v) is 14.0. The lowest BCUT2D eigenvalue weighted by Gasteiger charge is -2.18. The molecule has 3 rings (SSSR count). The van der Waals surface area contributed by atoms with Crippen molar-refractivity contribution in [3.63, 3.8) is 0 Å². The fraction of sp³-hybridized carbons (Fsp3) is 0.500. The summed E-state index contributed by atoms with van der Waals surface area (Å²) in [5, 5.41) is 3.99. The molecule has 1 aromatic heterocycles. The van der Waals surface area contributed by atoms with E-state index in [4.69, 9.17) is 4.52 Å². The van der Waals surface area contributed by atoms with Gasteiger partial charge in [-0.2, -0.15) is 4.98 Å². The van der Waals surface area contributed by atoms with Crippen LogP contribution in [0.1, 0.15) is 62.7 Å². The number of benzene rings is 1. The van der Waals surface area contributed by atoms with Crippen molar-refractivity contribution in [2.45, 2.75) is 51.9 Å². The third-order valence-electron chi connectivity index (χ3n) is 4.28. The van der Waals surface area contributed by atoms with E-state index in [0.717, 1.165) is 24.4 Å². The molecule has 1 saturated heterocycles. The maximum atomic E-state index is 12.4. The highest BCUT2D eigenvalue weighted by Crippen LogP contribution is 2.32. The average Bonchev–Trinajstić information content (AvgIpc) is 3.14. The summed E-state index contributed by atoms with van der Waals surface area (Å²) in [7, 11) is 0. The van der Waals surface area contributed by atoms with Gasteiger partial charge in [-0.1, -0.05) is 38.1 Å². The van der Waals surface area contributed by atoms with Crippen LogP contribution in [0.3, 0.4) is 0 Å². The summed E-state index contributed by atoms with van der Waals surface area (Å²) in [4.78, 5) is 18.7. The van der Waals surface area contributed by atoms with Crippen molar-refractivity contribution in [1.29, 1.82) is 0 Å². The fourth-order valence-electron chi connectivity index (χ4n) is 2.93. The number of aromatic nitrogens is 2. The van der Waals surface area contributed by atoms with E-state index >= 15 is 0 Å². The molecule has 1 unspecified atom stereocenters. The molecule has 1 fully saturated rings. The van der Waals surface area contributed by atoms with Crippen LogP contribution < -0.4 is 4.90 Å². The molecule has 23 heavy (non-hydrogen) atoms. The minimum Gasteiger partial charge on any atom is -0.339 e. The number of hydrogen-bond acceptors (Lipinski definition) is 4. The highest BCUT2D eigenvalue weighted by Gasteiger charge is 2.35. The second kappa shape index (κ2) is 6.52. The minimum atomic E-state index is -0.0108. The summed E-state index contributed by atoms with van der Waals surface area (Å²) in [6, 6.07) is 8.20. The van der Waals surface area contributed by atoms with E-state index in [9.17, 15) is 4.79 Å². The van der Waals surface area contributed by atoms with Gasteiger partial charge in [0.05, 0.1) is 5.92 Å². The van der Waals surface area contributed by atoms with Crippen LogP contribution in [0.15, 0.2) is 28.8 Å². The Kier molecular flexibility index (Phi) is 4.46. The molecule has 5 nitrogen and oxygen atoms in total. The van der Waals surface area contributed by atoms with Gasteiger partial charge in [0, 0.05) is 25.1 Å². The fourth-order valence-corrected chi connectivity index (χ4v) is 2.93. The lowest BCUT2D eigenvalue weighted by Crippen LogP contribution is -2.24. The Morgan fingerprint density at radius 1 is 1.39 bits per heavy atom. The van der Waals surface area contributed by atoms with Gasteiger partial charge in [-0.3, -0.25) is 4.79 Å². The molecular weight excluding hydrogens is 290 g/mol. The third-order valence-corrected chi connectivity index (χ3v) is 4.28. The molecule has 1 aliphatic heterocycles. The first-order chi connectivity index (χ1) is 11.1. The number of anilines is 1. The van der Waals surface area contributed by atoms with Gasteiger partial charge in [0.25, 0.3) is 0 Å². The Balaban J connectivity index is 1.78. The highest BCUT2D eigenvalue weighted by atomic mass is 16.5. The summed E-state index contributed by atoms with van der Waals surface area (Å²) < 4.78 is 5.36. The van der Waals surface area contributed by atoms with E-state index in [1.165, 1.54) is 5.56 Å². The maximum absolute atomic E-state index is 12.4. The van der Waals surface area contributed by atoms with Gasteiger partial charge in [-0.05, 0) is 30.0 Å². The molecule has 2 aromatic rings. The Hall–Kier alpha value is -2.17. The molecule has 0 bridgehead atoms. The van der Waals surface area contributed by atoms with E-state index in [0.29, 0.717) is 24.8 Å². The molecule has 0 radical (unpaired) electrons. The van der Waals surface area contributed by atoms with Crippen LogP contribution in [-0.2, 0) is 11.2 Å². The van der Waals surface area contributed by atoms with E-state index < -0.39 is 0 Å². The predicted molar refractivity (Wildman–Crippen MR) is 88.5 cm³/mol. The third kappa shape index (κ3) is 3.28. The largest absolute Gasteiger partial charge is 0.339 e. The Morgan fingerprint density at radius 3 is 2.96 bits per heavy atom. The molecule has 0 aliphatic carbocycles. The number of carbonyl (C=O) groups excluding carboxylic acids is 1. The molecule has 1 amide bonds. The standard InChI is InChI=1S/C18H23N3O2/c1-4-6-16-19-18(23-20-16)14-10-17(22)21(11-14)15-8-5-7-13(9-15)12(2)3/h5,7-9,12,14H,4,6,10-11H2,1-3H3. The molecule has 1 atom stereocenters. The lowest BCUT2D eigenvalue weighted by atomic mass is 10.0. The summed E-state index contributed by atoms with van der Waals surface area (Å²) in [6.07, 6.45) is 2.22. The molecule has 2 heterocycles. The topological polar surface area (TPSA) is 59.2 Å². The van der Waals surface area contributed by atoms with Crippen LogP contribution in [0.5, 0.6) is 0 Å². The normalized spacial score (nSPS) is 18.2. The van der Waals surface area contributed by atoms with Crippen LogP contribution in [0.4, 0.5) is 5.69 Å². The monoisotopic (exact) mass is 313 g/mol. The van der Waals surface area contributed by atoms with Gasteiger partial charge in [0.2, 0.25) is 11.8 Å². The number of amides is 1. The quantitative estimate of drug-likeness (QED) is 0.845. The Labute approximate surface area is 136 Å². The maximum Gasteiger partial charge on any atom is 0.232 e. The molecule has 0 spiro atoms. The number of rotatable bonds is 5. The zero-order valence-electron chi connectivity index (χ0n) is 14.0. The van der Waals surface area contributed by atoms with Crippen LogP contribution >= 0.6 is 0 Å². The van der Waals surface area contributed by atoms with E-state index in [-0.39, 0.29) is 11.8 Å². The first-order valence-corrected chi connectivity index (χ1v) is 8.31.